The van der Waals surface area contributed by atoms with Crippen LogP contribution >= 0.6 is 11.8 Å². The highest BCUT2D eigenvalue weighted by molar-refractivity contribution is 7.99. The van der Waals surface area contributed by atoms with Crippen LogP contribution in [0.15, 0.2) is 12.2 Å². The van der Waals surface area contributed by atoms with Gasteiger partial charge >= 0.3 is 0 Å². The highest BCUT2D eigenvalue weighted by Crippen LogP contribution is 2.13. The lowest BCUT2D eigenvalue weighted by molar-refractivity contribution is 0.718. The second kappa shape index (κ2) is 2.55. The van der Waals surface area contributed by atoms with E-state index in [0.717, 1.165) is 5.88 Å². The van der Waals surface area contributed by atoms with Gasteiger partial charge in [-0.05, 0) is 6.92 Å². The van der Waals surface area contributed by atoms with E-state index in [2.05, 4.69) is 18.8 Å². The predicted octanol–water partition coefficient (Wildman–Crippen LogP) is 1.22. The van der Waals surface area contributed by atoms with Crippen LogP contribution in [0, 0.1) is 0 Å². The lowest BCUT2D eigenvalue weighted by atomic mass is 10.2. The molecule has 0 aromatic carbocycles. The van der Waals surface area contributed by atoms with Gasteiger partial charge in [0.25, 0.3) is 0 Å². The van der Waals surface area contributed by atoms with Crippen molar-refractivity contribution in [3.63, 3.8) is 0 Å². The standard InChI is InChI=1S/C6H11NS/c1-5(2)6-3-8-4-7-6/h6-7H,1,3-4H2,2H3. The first-order valence-corrected chi connectivity index (χ1v) is 3.92. The van der Waals surface area contributed by atoms with Gasteiger partial charge in [0.05, 0.1) is 0 Å². The van der Waals surface area contributed by atoms with Crippen LogP contribution in [-0.4, -0.2) is 17.7 Å². The van der Waals surface area contributed by atoms with Crippen LogP contribution in [0.2, 0.25) is 0 Å². The van der Waals surface area contributed by atoms with Gasteiger partial charge in [-0.3, -0.25) is 0 Å². The van der Waals surface area contributed by atoms with Crippen molar-refractivity contribution in [1.29, 1.82) is 0 Å². The zero-order valence-corrected chi connectivity index (χ0v) is 5.92. The van der Waals surface area contributed by atoms with E-state index in [1.165, 1.54) is 11.3 Å². The van der Waals surface area contributed by atoms with Crippen LogP contribution in [0.5, 0.6) is 0 Å². The van der Waals surface area contributed by atoms with Crippen LogP contribution in [0.1, 0.15) is 6.92 Å². The Kier molecular flexibility index (Phi) is 1.97. The van der Waals surface area contributed by atoms with E-state index in [1.54, 1.807) is 0 Å². The first-order chi connectivity index (χ1) is 3.80. The zero-order chi connectivity index (χ0) is 5.98. The molecule has 1 fully saturated rings. The first-order valence-electron chi connectivity index (χ1n) is 2.77. The van der Waals surface area contributed by atoms with Gasteiger partial charge in [0.15, 0.2) is 0 Å². The molecule has 0 saturated carbocycles. The minimum Gasteiger partial charge on any atom is -0.301 e. The molecule has 0 amide bonds. The average molecular weight is 129 g/mol. The van der Waals surface area contributed by atoms with Crippen LogP contribution in [0.4, 0.5) is 0 Å². The Morgan fingerprint density at radius 1 is 1.88 bits per heavy atom. The highest BCUT2D eigenvalue weighted by Gasteiger charge is 2.13. The Morgan fingerprint density at radius 3 is 2.88 bits per heavy atom. The maximum Gasteiger partial charge on any atom is 0.0423 e. The van der Waals surface area contributed by atoms with Gasteiger partial charge < -0.3 is 5.32 Å². The van der Waals surface area contributed by atoms with Gasteiger partial charge in [0.2, 0.25) is 0 Å². The largest absolute Gasteiger partial charge is 0.301 e. The summed E-state index contributed by atoms with van der Waals surface area (Å²) < 4.78 is 0. The smallest absolute Gasteiger partial charge is 0.0423 e. The molecule has 0 aromatic rings. The second-order valence-electron chi connectivity index (χ2n) is 2.12. The van der Waals surface area contributed by atoms with E-state index in [4.69, 9.17) is 0 Å². The van der Waals surface area contributed by atoms with E-state index in [1.807, 2.05) is 11.8 Å². The third kappa shape index (κ3) is 1.26. The molecule has 46 valence electrons. The van der Waals surface area contributed by atoms with E-state index in [9.17, 15) is 0 Å². The molecule has 1 aliphatic heterocycles. The molecular weight excluding hydrogens is 118 g/mol. The molecule has 0 aliphatic carbocycles. The summed E-state index contributed by atoms with van der Waals surface area (Å²) >= 11 is 1.94. The van der Waals surface area contributed by atoms with Crippen molar-refractivity contribution in [1.82, 2.24) is 5.32 Å². The van der Waals surface area contributed by atoms with Gasteiger partial charge in [0.1, 0.15) is 0 Å². The Labute approximate surface area is 54.5 Å². The predicted molar refractivity (Wildman–Crippen MR) is 39.1 cm³/mol. The fraction of sp³-hybridized carbons (Fsp3) is 0.667. The topological polar surface area (TPSA) is 12.0 Å². The van der Waals surface area contributed by atoms with E-state index in [-0.39, 0.29) is 0 Å². The lowest BCUT2D eigenvalue weighted by Gasteiger charge is -2.05. The molecule has 2 heteroatoms. The number of rotatable bonds is 1. The van der Waals surface area contributed by atoms with Gasteiger partial charge in [-0.2, -0.15) is 0 Å². The maximum absolute atomic E-state index is 3.86. The lowest BCUT2D eigenvalue weighted by Crippen LogP contribution is -2.23. The Balaban J connectivity index is 2.35. The Hall–Kier alpha value is 0.0500. The SMILES string of the molecule is C=C(C)C1CSCN1. The molecule has 1 heterocycles. The van der Waals surface area contributed by atoms with Crippen LogP contribution in [-0.2, 0) is 0 Å². The molecule has 1 nitrogen and oxygen atoms in total. The van der Waals surface area contributed by atoms with Crippen LogP contribution < -0.4 is 5.32 Å². The molecule has 0 spiro atoms. The van der Waals surface area contributed by atoms with Crippen molar-refractivity contribution in [2.24, 2.45) is 0 Å². The summed E-state index contributed by atoms with van der Waals surface area (Å²) in [6.07, 6.45) is 0. The summed E-state index contributed by atoms with van der Waals surface area (Å²) in [6.45, 7) is 5.93. The number of hydrogen-bond donors (Lipinski definition) is 1. The molecule has 1 N–H and O–H groups in total. The summed E-state index contributed by atoms with van der Waals surface area (Å²) in [4.78, 5) is 0. The zero-order valence-electron chi connectivity index (χ0n) is 5.11. The molecule has 1 atom stereocenters. The van der Waals surface area contributed by atoms with E-state index < -0.39 is 0 Å². The van der Waals surface area contributed by atoms with Crippen molar-refractivity contribution >= 4 is 11.8 Å². The van der Waals surface area contributed by atoms with E-state index in [0.29, 0.717) is 6.04 Å². The van der Waals surface area contributed by atoms with Crippen molar-refractivity contribution < 1.29 is 0 Å². The summed E-state index contributed by atoms with van der Waals surface area (Å²) in [5.41, 5.74) is 1.26. The molecule has 0 bridgehead atoms. The van der Waals surface area contributed by atoms with Gasteiger partial charge in [0, 0.05) is 17.7 Å². The fourth-order valence-electron chi connectivity index (χ4n) is 0.712. The van der Waals surface area contributed by atoms with Gasteiger partial charge in [-0.15, -0.1) is 11.8 Å². The van der Waals surface area contributed by atoms with Gasteiger partial charge in [-0.1, -0.05) is 12.2 Å². The normalized spacial score (nSPS) is 28.4. The third-order valence-electron chi connectivity index (χ3n) is 1.31. The fourth-order valence-corrected chi connectivity index (χ4v) is 1.79. The summed E-state index contributed by atoms with van der Waals surface area (Å²) in [7, 11) is 0. The molecule has 1 saturated heterocycles. The second-order valence-corrected chi connectivity index (χ2v) is 3.15. The third-order valence-corrected chi connectivity index (χ3v) is 2.25. The molecule has 1 rings (SSSR count). The number of hydrogen-bond acceptors (Lipinski definition) is 2. The van der Waals surface area contributed by atoms with Crippen molar-refractivity contribution in [3.8, 4) is 0 Å². The molecular formula is C6H11NS. The number of thioether (sulfide) groups is 1. The first kappa shape index (κ1) is 6.17. The summed E-state index contributed by atoms with van der Waals surface area (Å²) in [6, 6.07) is 0.583. The highest BCUT2D eigenvalue weighted by atomic mass is 32.2. The minimum atomic E-state index is 0.583. The molecule has 0 radical (unpaired) electrons. The average Bonchev–Trinajstić information content (AvgIpc) is 2.12. The van der Waals surface area contributed by atoms with Gasteiger partial charge in [-0.25, -0.2) is 0 Å². The monoisotopic (exact) mass is 129 g/mol. The Morgan fingerprint density at radius 2 is 2.62 bits per heavy atom. The number of nitrogens with one attached hydrogen (secondary N) is 1. The molecule has 8 heavy (non-hydrogen) atoms. The Bertz CT molecular complexity index is 94.7. The summed E-state index contributed by atoms with van der Waals surface area (Å²) in [5, 5.41) is 3.32. The van der Waals surface area contributed by atoms with Crippen LogP contribution in [0.3, 0.4) is 0 Å². The van der Waals surface area contributed by atoms with Crippen molar-refractivity contribution in [2.45, 2.75) is 13.0 Å². The molecule has 1 aliphatic rings. The van der Waals surface area contributed by atoms with Crippen molar-refractivity contribution in [3.05, 3.63) is 12.2 Å². The quantitative estimate of drug-likeness (QED) is 0.534. The molecule has 0 aromatic heterocycles. The van der Waals surface area contributed by atoms with E-state index >= 15 is 0 Å². The van der Waals surface area contributed by atoms with Crippen LogP contribution in [0.25, 0.3) is 0 Å². The maximum atomic E-state index is 3.86. The minimum absolute atomic E-state index is 0.583. The van der Waals surface area contributed by atoms with Crippen molar-refractivity contribution in [2.75, 3.05) is 11.6 Å². The molecule has 1 unspecified atom stereocenters. The summed E-state index contributed by atoms with van der Waals surface area (Å²) in [5.74, 6) is 2.30.